The van der Waals surface area contributed by atoms with Gasteiger partial charge in [-0.25, -0.2) is 0 Å². The number of rotatable bonds is 9. The Morgan fingerprint density at radius 1 is 1.03 bits per heavy atom. The van der Waals surface area contributed by atoms with Crippen LogP contribution in [-0.4, -0.2) is 17.0 Å². The van der Waals surface area contributed by atoms with Crippen molar-refractivity contribution in [1.29, 1.82) is 0 Å². The average molecular weight is 394 g/mol. The third kappa shape index (κ3) is 5.47. The number of carbonyl (C=O) groups is 2. The van der Waals surface area contributed by atoms with Gasteiger partial charge in [0.15, 0.2) is 0 Å². The summed E-state index contributed by atoms with van der Waals surface area (Å²) in [6.07, 6.45) is 6.21. The minimum Gasteiger partial charge on any atom is -0.481 e. The van der Waals surface area contributed by atoms with Gasteiger partial charge < -0.3 is 10.4 Å². The van der Waals surface area contributed by atoms with Crippen molar-refractivity contribution < 1.29 is 14.7 Å². The first-order valence-corrected chi connectivity index (χ1v) is 10.7. The van der Waals surface area contributed by atoms with Crippen molar-refractivity contribution in [2.75, 3.05) is 5.32 Å². The molecule has 1 atom stereocenters. The molecule has 1 aliphatic rings. The molecule has 154 valence electrons. The molecule has 0 heterocycles. The van der Waals surface area contributed by atoms with Gasteiger partial charge in [-0.05, 0) is 55.4 Å². The van der Waals surface area contributed by atoms with Crippen molar-refractivity contribution in [2.24, 2.45) is 11.3 Å². The standard InChI is InChI=1S/C25H31NO3/c1-2-9-21(23(27)28)18-25(14-6-7-15-25)24(29)26-22-13-8-12-20(17-22)16-19-10-4-3-5-11-19/h3-5,8,10-13,17,21H,2,6-7,9,14-16,18H2,1H3,(H,26,29)(H,27,28). The van der Waals surface area contributed by atoms with Gasteiger partial charge in [0.2, 0.25) is 5.91 Å². The molecular weight excluding hydrogens is 362 g/mol. The molecule has 0 bridgehead atoms. The van der Waals surface area contributed by atoms with Gasteiger partial charge in [-0.1, -0.05) is 68.7 Å². The quantitative estimate of drug-likeness (QED) is 0.577. The molecule has 4 nitrogen and oxygen atoms in total. The molecule has 0 aliphatic heterocycles. The molecule has 4 heteroatoms. The highest BCUT2D eigenvalue weighted by Crippen LogP contribution is 2.45. The second-order valence-electron chi connectivity index (χ2n) is 8.33. The summed E-state index contributed by atoms with van der Waals surface area (Å²) in [5, 5.41) is 12.7. The first-order chi connectivity index (χ1) is 14.0. The number of hydrogen-bond donors (Lipinski definition) is 2. The molecule has 0 saturated heterocycles. The number of benzene rings is 2. The summed E-state index contributed by atoms with van der Waals surface area (Å²) in [5.41, 5.74) is 2.60. The molecule has 1 aliphatic carbocycles. The molecule has 2 N–H and O–H groups in total. The number of carboxylic acid groups (broad SMARTS) is 1. The number of anilines is 1. The van der Waals surface area contributed by atoms with E-state index in [1.165, 1.54) is 5.56 Å². The lowest BCUT2D eigenvalue weighted by atomic mass is 9.75. The zero-order valence-electron chi connectivity index (χ0n) is 17.2. The van der Waals surface area contributed by atoms with E-state index in [1.54, 1.807) is 0 Å². The molecule has 2 aromatic rings. The second kappa shape index (κ2) is 9.73. The largest absolute Gasteiger partial charge is 0.481 e. The zero-order chi connectivity index (χ0) is 20.7. The fourth-order valence-corrected chi connectivity index (χ4v) is 4.56. The number of hydrogen-bond acceptors (Lipinski definition) is 2. The van der Waals surface area contributed by atoms with Gasteiger partial charge in [0.25, 0.3) is 0 Å². The number of amides is 1. The highest BCUT2D eigenvalue weighted by atomic mass is 16.4. The molecule has 1 unspecified atom stereocenters. The normalized spacial score (nSPS) is 16.3. The predicted octanol–water partition coefficient (Wildman–Crippen LogP) is 5.67. The average Bonchev–Trinajstić information content (AvgIpc) is 3.19. The Morgan fingerprint density at radius 3 is 2.38 bits per heavy atom. The Labute approximate surface area is 173 Å². The lowest BCUT2D eigenvalue weighted by molar-refractivity contribution is -0.144. The summed E-state index contributed by atoms with van der Waals surface area (Å²) in [6, 6.07) is 18.2. The maximum Gasteiger partial charge on any atom is 0.306 e. The van der Waals surface area contributed by atoms with Gasteiger partial charge in [-0.15, -0.1) is 0 Å². The van der Waals surface area contributed by atoms with Crippen LogP contribution in [0.25, 0.3) is 0 Å². The zero-order valence-corrected chi connectivity index (χ0v) is 17.2. The van der Waals surface area contributed by atoms with Crippen molar-refractivity contribution in [2.45, 2.75) is 58.3 Å². The smallest absolute Gasteiger partial charge is 0.306 e. The minimum atomic E-state index is -0.782. The Bertz CT molecular complexity index is 825. The molecule has 1 saturated carbocycles. The van der Waals surface area contributed by atoms with Crippen LogP contribution in [0.5, 0.6) is 0 Å². The SMILES string of the molecule is CCCC(CC1(C(=O)Nc2cccc(Cc3ccccc3)c2)CCCC1)C(=O)O. The predicted molar refractivity (Wildman–Crippen MR) is 116 cm³/mol. The van der Waals surface area contributed by atoms with E-state index >= 15 is 0 Å². The van der Waals surface area contributed by atoms with Crippen molar-refractivity contribution in [3.05, 3.63) is 65.7 Å². The summed E-state index contributed by atoms with van der Waals surface area (Å²) < 4.78 is 0. The molecule has 0 spiro atoms. The number of aliphatic carboxylic acids is 1. The van der Waals surface area contributed by atoms with Gasteiger partial charge in [0.1, 0.15) is 0 Å². The molecule has 1 amide bonds. The highest BCUT2D eigenvalue weighted by molar-refractivity contribution is 5.96. The van der Waals surface area contributed by atoms with Crippen molar-refractivity contribution in [3.8, 4) is 0 Å². The van der Waals surface area contributed by atoms with Crippen LogP contribution in [0, 0.1) is 11.3 Å². The van der Waals surface area contributed by atoms with E-state index in [1.807, 2.05) is 43.3 Å². The summed E-state index contributed by atoms with van der Waals surface area (Å²) in [6.45, 7) is 2.00. The molecule has 0 aromatic heterocycles. The van der Waals surface area contributed by atoms with E-state index in [0.29, 0.717) is 12.8 Å². The fraction of sp³-hybridized carbons (Fsp3) is 0.440. The Hall–Kier alpha value is -2.62. The van der Waals surface area contributed by atoms with Crippen LogP contribution in [0.2, 0.25) is 0 Å². The molecule has 1 fully saturated rings. The van der Waals surface area contributed by atoms with Crippen LogP contribution in [-0.2, 0) is 16.0 Å². The van der Waals surface area contributed by atoms with Crippen molar-refractivity contribution >= 4 is 17.6 Å². The molecule has 29 heavy (non-hydrogen) atoms. The van der Waals surface area contributed by atoms with Crippen LogP contribution in [0.1, 0.15) is 63.0 Å². The lowest BCUT2D eigenvalue weighted by Gasteiger charge is -2.30. The van der Waals surface area contributed by atoms with Crippen LogP contribution in [0.4, 0.5) is 5.69 Å². The van der Waals surface area contributed by atoms with Gasteiger partial charge in [-0.3, -0.25) is 9.59 Å². The first-order valence-electron chi connectivity index (χ1n) is 10.7. The Balaban J connectivity index is 1.73. The van der Waals surface area contributed by atoms with Crippen LogP contribution in [0.3, 0.4) is 0 Å². The minimum absolute atomic E-state index is 0.0192. The summed E-state index contributed by atoms with van der Waals surface area (Å²) in [7, 11) is 0. The van der Waals surface area contributed by atoms with Crippen molar-refractivity contribution in [1.82, 2.24) is 0 Å². The lowest BCUT2D eigenvalue weighted by Crippen LogP contribution is -2.37. The summed E-state index contributed by atoms with van der Waals surface area (Å²) in [4.78, 5) is 25.0. The third-order valence-electron chi connectivity index (χ3n) is 6.10. The van der Waals surface area contributed by atoms with Gasteiger partial charge >= 0.3 is 5.97 Å². The van der Waals surface area contributed by atoms with Gasteiger partial charge in [0, 0.05) is 5.69 Å². The van der Waals surface area contributed by atoms with E-state index in [9.17, 15) is 14.7 Å². The van der Waals surface area contributed by atoms with Crippen LogP contribution in [0.15, 0.2) is 54.6 Å². The van der Waals surface area contributed by atoms with E-state index in [4.69, 9.17) is 0 Å². The van der Waals surface area contributed by atoms with Crippen LogP contribution >= 0.6 is 0 Å². The van der Waals surface area contributed by atoms with Crippen molar-refractivity contribution in [3.63, 3.8) is 0 Å². The van der Waals surface area contributed by atoms with E-state index < -0.39 is 17.3 Å². The molecular formula is C25H31NO3. The number of carboxylic acids is 1. The highest BCUT2D eigenvalue weighted by Gasteiger charge is 2.43. The van der Waals surface area contributed by atoms with E-state index in [0.717, 1.165) is 49.8 Å². The molecule has 0 radical (unpaired) electrons. The topological polar surface area (TPSA) is 66.4 Å². The number of carbonyl (C=O) groups excluding carboxylic acids is 1. The summed E-state index contributed by atoms with van der Waals surface area (Å²) in [5.74, 6) is -1.25. The monoisotopic (exact) mass is 393 g/mol. The Morgan fingerprint density at radius 2 is 1.72 bits per heavy atom. The third-order valence-corrected chi connectivity index (χ3v) is 6.10. The van der Waals surface area contributed by atoms with Gasteiger partial charge in [0.05, 0.1) is 11.3 Å². The summed E-state index contributed by atoms with van der Waals surface area (Å²) >= 11 is 0. The number of nitrogens with one attached hydrogen (secondary N) is 1. The molecule has 3 rings (SSSR count). The van der Waals surface area contributed by atoms with E-state index in [-0.39, 0.29) is 5.91 Å². The first kappa shape index (κ1) is 21.1. The Kier molecular flexibility index (Phi) is 7.08. The maximum absolute atomic E-state index is 13.3. The van der Waals surface area contributed by atoms with E-state index in [2.05, 4.69) is 23.5 Å². The van der Waals surface area contributed by atoms with Gasteiger partial charge in [-0.2, -0.15) is 0 Å². The van der Waals surface area contributed by atoms with Crippen LogP contribution < -0.4 is 5.32 Å². The maximum atomic E-state index is 13.3. The molecule has 2 aromatic carbocycles. The fourth-order valence-electron chi connectivity index (χ4n) is 4.56. The second-order valence-corrected chi connectivity index (χ2v) is 8.33.